The lowest BCUT2D eigenvalue weighted by Crippen LogP contribution is -2.45. The summed E-state index contributed by atoms with van der Waals surface area (Å²) in [6, 6.07) is 9.20. The minimum absolute atomic E-state index is 0.0428. The van der Waals surface area contributed by atoms with Crippen LogP contribution in [0.25, 0.3) is 0 Å². The highest BCUT2D eigenvalue weighted by Gasteiger charge is 2.14. The third-order valence-electron chi connectivity index (χ3n) is 4.06. The number of nitrogens with zero attached hydrogens (tertiary/aromatic N) is 1. The number of hydrogen-bond acceptors (Lipinski definition) is 5. The second-order valence-electron chi connectivity index (χ2n) is 6.62. The molecule has 3 N–H and O–H groups in total. The third kappa shape index (κ3) is 7.13. The molecule has 0 aliphatic carbocycles. The van der Waals surface area contributed by atoms with E-state index in [0.29, 0.717) is 6.54 Å². The summed E-state index contributed by atoms with van der Waals surface area (Å²) in [5.41, 5.74) is 2.75. The number of benzene rings is 1. The van der Waals surface area contributed by atoms with Crippen molar-refractivity contribution in [2.24, 2.45) is 0 Å². The molecule has 150 valence electrons. The van der Waals surface area contributed by atoms with Crippen LogP contribution in [0.1, 0.15) is 16.0 Å². The first kappa shape index (κ1) is 21.6. The summed E-state index contributed by atoms with van der Waals surface area (Å²) < 4.78 is 0. The lowest BCUT2D eigenvalue weighted by molar-refractivity contribution is -0.122. The van der Waals surface area contributed by atoms with Crippen LogP contribution in [0.4, 0.5) is 10.5 Å². The van der Waals surface area contributed by atoms with Gasteiger partial charge in [-0.15, -0.1) is 11.3 Å². The quantitative estimate of drug-likeness (QED) is 0.632. The summed E-state index contributed by atoms with van der Waals surface area (Å²) >= 11 is 1.62. The number of thiophene rings is 1. The van der Waals surface area contributed by atoms with Crippen LogP contribution in [0, 0.1) is 13.8 Å². The molecular weight excluding hydrogens is 376 g/mol. The SMILES string of the molecule is Cc1cccc(C)c1NC(=O)CN(C)CC(=O)NC(=O)NCCc1cccs1. The minimum atomic E-state index is -0.532. The molecule has 2 aromatic rings. The largest absolute Gasteiger partial charge is 0.337 e. The summed E-state index contributed by atoms with van der Waals surface area (Å²) in [6.07, 6.45) is 0.720. The summed E-state index contributed by atoms with van der Waals surface area (Å²) in [5.74, 6) is -0.677. The molecule has 28 heavy (non-hydrogen) atoms. The normalized spacial score (nSPS) is 10.6. The van der Waals surface area contributed by atoms with Crippen molar-refractivity contribution >= 4 is 34.9 Å². The van der Waals surface area contributed by atoms with Crippen molar-refractivity contribution < 1.29 is 14.4 Å². The van der Waals surface area contributed by atoms with Crippen molar-refractivity contribution in [1.82, 2.24) is 15.5 Å². The maximum Gasteiger partial charge on any atom is 0.321 e. The van der Waals surface area contributed by atoms with Gasteiger partial charge in [-0.25, -0.2) is 4.79 Å². The molecule has 7 nitrogen and oxygen atoms in total. The van der Waals surface area contributed by atoms with E-state index in [1.54, 1.807) is 23.3 Å². The molecule has 0 saturated carbocycles. The highest BCUT2D eigenvalue weighted by atomic mass is 32.1. The van der Waals surface area contributed by atoms with Crippen molar-refractivity contribution in [3.8, 4) is 0 Å². The van der Waals surface area contributed by atoms with E-state index in [1.807, 2.05) is 49.6 Å². The number of likely N-dealkylation sites (N-methyl/N-ethyl adjacent to an activating group) is 1. The highest BCUT2D eigenvalue weighted by molar-refractivity contribution is 7.09. The number of para-hydroxylation sites is 1. The van der Waals surface area contributed by atoms with Crippen molar-refractivity contribution in [1.29, 1.82) is 0 Å². The van der Waals surface area contributed by atoms with Gasteiger partial charge in [0.1, 0.15) is 0 Å². The maximum absolute atomic E-state index is 12.2. The molecule has 0 fully saturated rings. The lowest BCUT2D eigenvalue weighted by Gasteiger charge is -2.17. The van der Waals surface area contributed by atoms with Crippen molar-refractivity contribution in [3.05, 3.63) is 51.7 Å². The molecule has 1 aromatic heterocycles. The molecule has 1 heterocycles. The zero-order valence-electron chi connectivity index (χ0n) is 16.4. The first-order valence-electron chi connectivity index (χ1n) is 9.00. The Morgan fingerprint density at radius 1 is 1.00 bits per heavy atom. The molecule has 1 aromatic carbocycles. The van der Waals surface area contributed by atoms with Crippen molar-refractivity contribution in [2.45, 2.75) is 20.3 Å². The Bertz CT molecular complexity index is 801. The van der Waals surface area contributed by atoms with E-state index in [0.717, 1.165) is 23.2 Å². The van der Waals surface area contributed by atoms with Gasteiger partial charge in [0.05, 0.1) is 13.1 Å². The van der Waals surface area contributed by atoms with Crippen LogP contribution in [0.3, 0.4) is 0 Å². The lowest BCUT2D eigenvalue weighted by atomic mass is 10.1. The predicted molar refractivity (Wildman–Crippen MR) is 112 cm³/mol. The van der Waals surface area contributed by atoms with E-state index in [-0.39, 0.29) is 19.0 Å². The average molecular weight is 403 g/mol. The zero-order chi connectivity index (χ0) is 20.5. The summed E-state index contributed by atoms with van der Waals surface area (Å²) in [4.78, 5) is 38.7. The Hall–Kier alpha value is -2.71. The number of anilines is 1. The van der Waals surface area contributed by atoms with E-state index >= 15 is 0 Å². The number of aryl methyl sites for hydroxylation is 2. The smallest absolute Gasteiger partial charge is 0.321 e. The molecule has 0 aliphatic rings. The zero-order valence-corrected chi connectivity index (χ0v) is 17.2. The molecule has 0 spiro atoms. The molecule has 0 aliphatic heterocycles. The Kier molecular flexibility index (Phi) is 8.16. The molecule has 0 atom stereocenters. The van der Waals surface area contributed by atoms with Gasteiger partial charge in [0.25, 0.3) is 0 Å². The van der Waals surface area contributed by atoms with Gasteiger partial charge >= 0.3 is 6.03 Å². The Morgan fingerprint density at radius 3 is 2.32 bits per heavy atom. The first-order valence-corrected chi connectivity index (χ1v) is 9.88. The molecule has 0 unspecified atom stereocenters. The topological polar surface area (TPSA) is 90.5 Å². The second kappa shape index (κ2) is 10.6. The fraction of sp³-hybridized carbons (Fsp3) is 0.350. The number of amides is 4. The number of urea groups is 1. The number of carbonyl (C=O) groups excluding carboxylic acids is 3. The fourth-order valence-electron chi connectivity index (χ4n) is 2.70. The van der Waals surface area contributed by atoms with E-state index < -0.39 is 11.9 Å². The summed E-state index contributed by atoms with van der Waals surface area (Å²) in [5, 5.41) is 9.77. The standard InChI is InChI=1S/C20H26N4O3S/c1-14-6-4-7-15(2)19(14)22-17(25)12-24(3)13-18(26)23-20(27)21-10-9-16-8-5-11-28-16/h4-8,11H,9-10,12-13H2,1-3H3,(H,22,25)(H2,21,23,26,27). The Morgan fingerprint density at radius 2 is 1.68 bits per heavy atom. The first-order chi connectivity index (χ1) is 13.3. The molecule has 0 bridgehead atoms. The van der Waals surface area contributed by atoms with Gasteiger partial charge < -0.3 is 10.6 Å². The number of hydrogen-bond donors (Lipinski definition) is 3. The van der Waals surface area contributed by atoms with Crippen molar-refractivity contribution in [2.75, 3.05) is 32.0 Å². The van der Waals surface area contributed by atoms with Crippen LogP contribution in [-0.4, -0.2) is 49.4 Å². The maximum atomic E-state index is 12.2. The third-order valence-corrected chi connectivity index (χ3v) is 5.00. The fourth-order valence-corrected chi connectivity index (χ4v) is 3.41. The molecular formula is C20H26N4O3S. The van der Waals surface area contributed by atoms with Crippen LogP contribution >= 0.6 is 11.3 Å². The van der Waals surface area contributed by atoms with Gasteiger partial charge in [-0.3, -0.25) is 19.8 Å². The van der Waals surface area contributed by atoms with Gasteiger partial charge in [-0.1, -0.05) is 24.3 Å². The number of carbonyl (C=O) groups is 3. The van der Waals surface area contributed by atoms with Crippen LogP contribution in [-0.2, 0) is 16.0 Å². The second-order valence-corrected chi connectivity index (χ2v) is 7.65. The summed E-state index contributed by atoms with van der Waals surface area (Å²) in [7, 11) is 1.65. The van der Waals surface area contributed by atoms with E-state index in [9.17, 15) is 14.4 Å². The van der Waals surface area contributed by atoms with E-state index in [4.69, 9.17) is 0 Å². The number of imide groups is 1. The summed E-state index contributed by atoms with van der Waals surface area (Å²) in [6.45, 7) is 4.29. The van der Waals surface area contributed by atoms with E-state index in [2.05, 4.69) is 16.0 Å². The van der Waals surface area contributed by atoms with E-state index in [1.165, 1.54) is 4.88 Å². The molecule has 2 rings (SSSR count). The highest BCUT2D eigenvalue weighted by Crippen LogP contribution is 2.19. The van der Waals surface area contributed by atoms with Crippen molar-refractivity contribution in [3.63, 3.8) is 0 Å². The molecule has 0 radical (unpaired) electrons. The molecule has 8 heteroatoms. The predicted octanol–water partition coefficient (Wildman–Crippen LogP) is 2.30. The van der Waals surface area contributed by atoms with Crippen LogP contribution in [0.2, 0.25) is 0 Å². The van der Waals surface area contributed by atoms with Crippen LogP contribution in [0.15, 0.2) is 35.7 Å². The van der Waals surface area contributed by atoms with Gasteiger partial charge in [-0.2, -0.15) is 0 Å². The van der Waals surface area contributed by atoms with Gasteiger partial charge in [-0.05, 0) is 49.9 Å². The van der Waals surface area contributed by atoms with Gasteiger partial charge in [0.2, 0.25) is 11.8 Å². The monoisotopic (exact) mass is 402 g/mol. The number of rotatable bonds is 8. The van der Waals surface area contributed by atoms with Gasteiger partial charge in [0.15, 0.2) is 0 Å². The Labute approximate surface area is 169 Å². The van der Waals surface area contributed by atoms with Crippen LogP contribution in [0.5, 0.6) is 0 Å². The minimum Gasteiger partial charge on any atom is -0.337 e. The Balaban J connectivity index is 1.69. The average Bonchev–Trinajstić information content (AvgIpc) is 3.11. The van der Waals surface area contributed by atoms with Crippen LogP contribution < -0.4 is 16.0 Å². The molecule has 0 saturated heterocycles. The number of nitrogens with one attached hydrogen (secondary N) is 3. The van der Waals surface area contributed by atoms with Gasteiger partial charge in [0, 0.05) is 17.1 Å². The molecule has 4 amide bonds.